The van der Waals surface area contributed by atoms with Crippen molar-refractivity contribution in [1.82, 2.24) is 0 Å². The number of carbonyl (C=O) groups excluding carboxylic acids is 2. The summed E-state index contributed by atoms with van der Waals surface area (Å²) in [4.78, 5) is 38.1. The molecule has 0 saturated carbocycles. The monoisotopic (exact) mass is 459 g/mol. The number of ether oxygens (including phenoxy) is 1. The molecule has 1 saturated heterocycles. The van der Waals surface area contributed by atoms with Gasteiger partial charge < -0.3 is 25.4 Å². The van der Waals surface area contributed by atoms with E-state index in [1.54, 1.807) is 30.3 Å². The first kappa shape index (κ1) is 23.6. The average Bonchev–Trinajstić information content (AvgIpc) is 2.76. The third kappa shape index (κ3) is 6.45. The number of carboxylic acids is 1. The first-order valence-corrected chi connectivity index (χ1v) is 10.8. The number of aryl methyl sites for hydroxylation is 1. The molecule has 9 heteroatoms. The van der Waals surface area contributed by atoms with E-state index in [-0.39, 0.29) is 31.1 Å². The summed E-state index contributed by atoms with van der Waals surface area (Å²) in [7, 11) is 0. The predicted molar refractivity (Wildman–Crippen MR) is 124 cm³/mol. The fourth-order valence-corrected chi connectivity index (χ4v) is 3.55. The quantitative estimate of drug-likeness (QED) is 0.552. The summed E-state index contributed by atoms with van der Waals surface area (Å²) in [5.41, 5.74) is 3.10. The molecule has 32 heavy (non-hydrogen) atoms. The van der Waals surface area contributed by atoms with Crippen molar-refractivity contribution in [3.8, 4) is 0 Å². The third-order valence-corrected chi connectivity index (χ3v) is 5.51. The van der Waals surface area contributed by atoms with E-state index in [9.17, 15) is 14.4 Å². The Hall–Kier alpha value is -3.10. The van der Waals surface area contributed by atoms with E-state index in [1.165, 1.54) is 0 Å². The Morgan fingerprint density at radius 3 is 2.41 bits per heavy atom. The number of nitrogens with zero attached hydrogens (tertiary/aromatic N) is 1. The van der Waals surface area contributed by atoms with Crippen molar-refractivity contribution in [3.63, 3.8) is 0 Å². The first-order chi connectivity index (χ1) is 15.3. The van der Waals surface area contributed by atoms with Crippen LogP contribution in [0.1, 0.15) is 35.2 Å². The van der Waals surface area contributed by atoms with Gasteiger partial charge in [0.1, 0.15) is 0 Å². The molecule has 0 unspecified atom stereocenters. The Balaban J connectivity index is 1.81. The summed E-state index contributed by atoms with van der Waals surface area (Å²) in [6.45, 7) is 4.32. The summed E-state index contributed by atoms with van der Waals surface area (Å²) >= 11 is 6.18. The van der Waals surface area contributed by atoms with Gasteiger partial charge in [-0.25, -0.2) is 0 Å². The van der Waals surface area contributed by atoms with Crippen molar-refractivity contribution in [2.75, 3.05) is 41.8 Å². The zero-order valence-corrected chi connectivity index (χ0v) is 18.6. The van der Waals surface area contributed by atoms with Gasteiger partial charge in [-0.3, -0.25) is 14.4 Å². The van der Waals surface area contributed by atoms with Crippen LogP contribution in [0.5, 0.6) is 0 Å². The van der Waals surface area contributed by atoms with Gasteiger partial charge in [-0.15, -0.1) is 0 Å². The van der Waals surface area contributed by atoms with Gasteiger partial charge in [0.25, 0.3) is 5.91 Å². The van der Waals surface area contributed by atoms with Crippen LogP contribution in [0.4, 0.5) is 17.1 Å². The van der Waals surface area contributed by atoms with Crippen LogP contribution in [0.3, 0.4) is 0 Å². The van der Waals surface area contributed by atoms with Gasteiger partial charge in [0.2, 0.25) is 5.91 Å². The molecule has 0 spiro atoms. The summed E-state index contributed by atoms with van der Waals surface area (Å²) in [6, 6.07) is 10.5. The standard InChI is InChI=1S/C23H26ClN3O5/c1-15-5-6-17(14-19(15)24)26-23(31)18-13-16(25-21(28)3-2-4-22(29)30)7-8-20(18)27-9-11-32-12-10-27/h5-8,13-14H,2-4,9-12H2,1H3,(H,25,28)(H,26,31)(H,29,30). The normalized spacial score (nSPS) is 13.5. The van der Waals surface area contributed by atoms with Crippen LogP contribution in [0.25, 0.3) is 0 Å². The number of nitrogens with one attached hydrogen (secondary N) is 2. The van der Waals surface area contributed by atoms with E-state index in [0.29, 0.717) is 48.3 Å². The van der Waals surface area contributed by atoms with E-state index in [1.807, 2.05) is 13.0 Å². The highest BCUT2D eigenvalue weighted by Gasteiger charge is 2.20. The molecule has 0 atom stereocenters. The van der Waals surface area contributed by atoms with Crippen LogP contribution < -0.4 is 15.5 Å². The van der Waals surface area contributed by atoms with Crippen LogP contribution in [0.2, 0.25) is 5.02 Å². The van der Waals surface area contributed by atoms with E-state index in [0.717, 1.165) is 11.3 Å². The topological polar surface area (TPSA) is 108 Å². The van der Waals surface area contributed by atoms with Crippen LogP contribution >= 0.6 is 11.6 Å². The number of rotatable bonds is 8. The smallest absolute Gasteiger partial charge is 0.303 e. The predicted octanol–water partition coefficient (Wildman–Crippen LogP) is 3.93. The maximum Gasteiger partial charge on any atom is 0.303 e. The molecule has 0 aliphatic carbocycles. The maximum absolute atomic E-state index is 13.2. The van der Waals surface area contributed by atoms with Crippen molar-refractivity contribution < 1.29 is 24.2 Å². The molecule has 1 aliphatic heterocycles. The Morgan fingerprint density at radius 1 is 1.03 bits per heavy atom. The lowest BCUT2D eigenvalue weighted by molar-refractivity contribution is -0.137. The second-order valence-corrected chi connectivity index (χ2v) is 7.95. The number of carboxylic acid groups (broad SMARTS) is 1. The summed E-state index contributed by atoms with van der Waals surface area (Å²) in [5.74, 6) is -1.57. The number of hydrogen-bond donors (Lipinski definition) is 3. The van der Waals surface area contributed by atoms with Crippen molar-refractivity contribution in [2.24, 2.45) is 0 Å². The molecule has 2 amide bonds. The maximum atomic E-state index is 13.2. The minimum atomic E-state index is -0.942. The first-order valence-electron chi connectivity index (χ1n) is 10.4. The molecule has 3 N–H and O–H groups in total. The van der Waals surface area contributed by atoms with Gasteiger partial charge in [-0.1, -0.05) is 17.7 Å². The zero-order chi connectivity index (χ0) is 23.1. The van der Waals surface area contributed by atoms with Crippen LogP contribution in [0, 0.1) is 6.92 Å². The molecule has 0 bridgehead atoms. The molecule has 0 aromatic heterocycles. The van der Waals surface area contributed by atoms with Gasteiger partial charge in [0, 0.05) is 48.0 Å². The highest BCUT2D eigenvalue weighted by Crippen LogP contribution is 2.27. The molecule has 0 radical (unpaired) electrons. The second-order valence-electron chi connectivity index (χ2n) is 7.54. The Morgan fingerprint density at radius 2 is 1.72 bits per heavy atom. The molecule has 1 fully saturated rings. The molecular formula is C23H26ClN3O5. The number of benzene rings is 2. The number of morpholine rings is 1. The van der Waals surface area contributed by atoms with E-state index >= 15 is 0 Å². The summed E-state index contributed by atoms with van der Waals surface area (Å²) < 4.78 is 5.42. The number of halogens is 1. The fraction of sp³-hybridized carbons (Fsp3) is 0.348. The lowest BCUT2D eigenvalue weighted by atomic mass is 10.1. The van der Waals surface area contributed by atoms with Gasteiger partial charge in [-0.05, 0) is 49.2 Å². The molecule has 8 nitrogen and oxygen atoms in total. The number of amides is 2. The van der Waals surface area contributed by atoms with Crippen molar-refractivity contribution in [2.45, 2.75) is 26.2 Å². The van der Waals surface area contributed by atoms with E-state index in [4.69, 9.17) is 21.4 Å². The van der Waals surface area contributed by atoms with Crippen molar-refractivity contribution in [3.05, 3.63) is 52.5 Å². The lowest BCUT2D eigenvalue weighted by Crippen LogP contribution is -2.37. The molecular weight excluding hydrogens is 434 g/mol. The van der Waals surface area contributed by atoms with Gasteiger partial charge in [-0.2, -0.15) is 0 Å². The highest BCUT2D eigenvalue weighted by molar-refractivity contribution is 6.31. The number of hydrogen-bond acceptors (Lipinski definition) is 5. The van der Waals surface area contributed by atoms with Crippen LogP contribution in [-0.2, 0) is 14.3 Å². The Labute approximate surface area is 191 Å². The van der Waals surface area contributed by atoms with Gasteiger partial charge in [0.15, 0.2) is 0 Å². The molecule has 2 aromatic carbocycles. The number of carbonyl (C=O) groups is 3. The minimum absolute atomic E-state index is 0.0733. The largest absolute Gasteiger partial charge is 0.481 e. The Bertz CT molecular complexity index is 1010. The fourth-order valence-electron chi connectivity index (χ4n) is 3.37. The summed E-state index contributed by atoms with van der Waals surface area (Å²) in [5, 5.41) is 14.9. The Kier molecular flexibility index (Phi) is 8.08. The third-order valence-electron chi connectivity index (χ3n) is 5.10. The van der Waals surface area contributed by atoms with Crippen LogP contribution in [0.15, 0.2) is 36.4 Å². The van der Waals surface area contributed by atoms with Crippen LogP contribution in [-0.4, -0.2) is 49.2 Å². The van der Waals surface area contributed by atoms with Gasteiger partial charge in [0.05, 0.1) is 18.8 Å². The van der Waals surface area contributed by atoms with Crippen molar-refractivity contribution in [1.29, 1.82) is 0 Å². The minimum Gasteiger partial charge on any atom is -0.481 e. The average molecular weight is 460 g/mol. The number of aliphatic carboxylic acids is 1. The van der Waals surface area contributed by atoms with Gasteiger partial charge >= 0.3 is 5.97 Å². The zero-order valence-electron chi connectivity index (χ0n) is 17.8. The highest BCUT2D eigenvalue weighted by atomic mass is 35.5. The molecule has 2 aromatic rings. The SMILES string of the molecule is Cc1ccc(NC(=O)c2cc(NC(=O)CCCC(=O)O)ccc2N2CCOCC2)cc1Cl. The molecule has 1 heterocycles. The molecule has 3 rings (SSSR count). The number of anilines is 3. The van der Waals surface area contributed by atoms with E-state index in [2.05, 4.69) is 15.5 Å². The van der Waals surface area contributed by atoms with Crippen molar-refractivity contribution >= 4 is 46.4 Å². The summed E-state index contributed by atoms with van der Waals surface area (Å²) in [6.07, 6.45) is 0.256. The van der Waals surface area contributed by atoms with E-state index < -0.39 is 5.97 Å². The molecule has 1 aliphatic rings. The second kappa shape index (κ2) is 11.0. The molecule has 170 valence electrons. The lowest BCUT2D eigenvalue weighted by Gasteiger charge is -2.30.